The zero-order chi connectivity index (χ0) is 20.9. The highest BCUT2D eigenvalue weighted by atomic mass is 31.2. The molecule has 0 aliphatic rings. The van der Waals surface area contributed by atoms with Gasteiger partial charge in [-0.3, -0.25) is 14.2 Å². The summed E-state index contributed by atoms with van der Waals surface area (Å²) >= 11 is 0. The van der Waals surface area contributed by atoms with Crippen molar-refractivity contribution in [3.8, 4) is 0 Å². The van der Waals surface area contributed by atoms with Gasteiger partial charge >= 0.3 is 11.9 Å². The second-order valence-corrected chi connectivity index (χ2v) is 8.62. The minimum absolute atomic E-state index is 0.0540. The van der Waals surface area contributed by atoms with Gasteiger partial charge < -0.3 is 27.9 Å². The van der Waals surface area contributed by atoms with Gasteiger partial charge in [-0.05, 0) is 12.8 Å². The first-order chi connectivity index (χ1) is 12.5. The molecule has 0 N–H and O–H groups in total. The standard InChI is InChI=1S/C17H34NO8P/c1-6-8-10-15(19)25-17(26-16(20)11-9-7-2)14-24-27(21,22)23-13-12-18(3,4)5/h17H,6-14H2,1-5H3. The molecule has 0 bridgehead atoms. The molecule has 0 aliphatic carbocycles. The Morgan fingerprint density at radius 2 is 1.44 bits per heavy atom. The van der Waals surface area contributed by atoms with Crippen molar-refractivity contribution >= 4 is 19.8 Å². The molecule has 0 aromatic carbocycles. The molecule has 0 rings (SSSR count). The monoisotopic (exact) mass is 411 g/mol. The number of unbranched alkanes of at least 4 members (excludes halogenated alkanes) is 2. The molecule has 0 aliphatic heterocycles. The highest BCUT2D eigenvalue weighted by Crippen LogP contribution is 2.38. The molecule has 0 aromatic rings. The molecular weight excluding hydrogens is 377 g/mol. The second-order valence-electron chi connectivity index (χ2n) is 7.21. The number of carbonyl (C=O) groups is 2. The number of nitrogens with zero attached hydrogens (tertiary/aromatic N) is 1. The Kier molecular flexibility index (Phi) is 12.7. The molecular formula is C17H34NO8P. The van der Waals surface area contributed by atoms with E-state index in [9.17, 15) is 19.0 Å². The van der Waals surface area contributed by atoms with Crippen LogP contribution in [0.25, 0.3) is 0 Å². The minimum atomic E-state index is -4.60. The van der Waals surface area contributed by atoms with Gasteiger partial charge in [0.05, 0.1) is 21.1 Å². The van der Waals surface area contributed by atoms with E-state index in [2.05, 4.69) is 0 Å². The first kappa shape index (κ1) is 26.0. The summed E-state index contributed by atoms with van der Waals surface area (Å²) in [7, 11) is 1.07. The smallest absolute Gasteiger partial charge is 0.308 e. The lowest BCUT2D eigenvalue weighted by Crippen LogP contribution is -2.37. The van der Waals surface area contributed by atoms with Gasteiger partial charge in [0.2, 0.25) is 0 Å². The van der Waals surface area contributed by atoms with Gasteiger partial charge in [-0.1, -0.05) is 26.7 Å². The van der Waals surface area contributed by atoms with E-state index >= 15 is 0 Å². The number of ether oxygens (including phenoxy) is 2. The normalized spacial score (nSPS) is 14.0. The van der Waals surface area contributed by atoms with Gasteiger partial charge in [0.25, 0.3) is 14.1 Å². The maximum absolute atomic E-state index is 11.8. The molecule has 1 unspecified atom stereocenters. The van der Waals surface area contributed by atoms with Crippen LogP contribution < -0.4 is 4.89 Å². The fraction of sp³-hybridized carbons (Fsp3) is 0.882. The van der Waals surface area contributed by atoms with Crippen LogP contribution in [-0.2, 0) is 32.7 Å². The molecule has 27 heavy (non-hydrogen) atoms. The van der Waals surface area contributed by atoms with Crippen molar-refractivity contribution in [2.45, 2.75) is 58.7 Å². The Labute approximate surface area is 162 Å². The van der Waals surface area contributed by atoms with Crippen LogP contribution in [-0.4, -0.2) is 63.6 Å². The van der Waals surface area contributed by atoms with Gasteiger partial charge in [0.15, 0.2) is 0 Å². The van der Waals surface area contributed by atoms with Crippen molar-refractivity contribution in [1.82, 2.24) is 0 Å². The van der Waals surface area contributed by atoms with E-state index in [1.54, 1.807) is 0 Å². The SMILES string of the molecule is CCCCC(=O)OC(COP(=O)([O-])OCC[N+](C)(C)C)OC(=O)CCCC. The van der Waals surface area contributed by atoms with Crippen molar-refractivity contribution < 1.29 is 42.1 Å². The molecule has 0 saturated heterocycles. The topological polar surface area (TPSA) is 111 Å². The van der Waals surface area contributed by atoms with Gasteiger partial charge in [-0.15, -0.1) is 0 Å². The average Bonchev–Trinajstić information content (AvgIpc) is 2.54. The summed E-state index contributed by atoms with van der Waals surface area (Å²) in [6.45, 7) is 3.60. The second kappa shape index (κ2) is 13.2. The Morgan fingerprint density at radius 1 is 0.963 bits per heavy atom. The summed E-state index contributed by atoms with van der Waals surface area (Å²) in [5.41, 5.74) is 0. The molecule has 9 nitrogen and oxygen atoms in total. The average molecular weight is 411 g/mol. The van der Waals surface area contributed by atoms with E-state index in [0.29, 0.717) is 23.9 Å². The van der Waals surface area contributed by atoms with Crippen LogP contribution in [0.4, 0.5) is 0 Å². The quantitative estimate of drug-likeness (QED) is 0.174. The summed E-state index contributed by atoms with van der Waals surface area (Å²) < 4.78 is 31.9. The maximum atomic E-state index is 11.8. The molecule has 0 aromatic heterocycles. The van der Waals surface area contributed by atoms with E-state index in [1.165, 1.54) is 0 Å². The Morgan fingerprint density at radius 3 is 1.85 bits per heavy atom. The fourth-order valence-electron chi connectivity index (χ4n) is 1.76. The van der Waals surface area contributed by atoms with Crippen LogP contribution in [0.1, 0.15) is 52.4 Å². The maximum Gasteiger partial charge on any atom is 0.308 e. The predicted octanol–water partition coefficient (Wildman–Crippen LogP) is 1.99. The van der Waals surface area contributed by atoms with Crippen molar-refractivity contribution in [2.75, 3.05) is 40.9 Å². The number of likely N-dealkylation sites (N-methyl/N-ethyl adjacent to an activating group) is 1. The minimum Gasteiger partial charge on any atom is -0.756 e. The van der Waals surface area contributed by atoms with Crippen LogP contribution >= 0.6 is 7.82 Å². The van der Waals surface area contributed by atoms with Crippen molar-refractivity contribution in [3.05, 3.63) is 0 Å². The first-order valence-corrected chi connectivity index (χ1v) is 10.7. The molecule has 0 spiro atoms. The fourth-order valence-corrected chi connectivity index (χ4v) is 2.45. The molecule has 160 valence electrons. The molecule has 1 atom stereocenters. The van der Waals surface area contributed by atoms with Gasteiger partial charge in [0, 0.05) is 12.8 Å². The van der Waals surface area contributed by atoms with Crippen molar-refractivity contribution in [1.29, 1.82) is 0 Å². The lowest BCUT2D eigenvalue weighted by Gasteiger charge is -2.28. The van der Waals surface area contributed by atoms with Crippen LogP contribution in [0.5, 0.6) is 0 Å². The lowest BCUT2D eigenvalue weighted by molar-refractivity contribution is -0.870. The Balaban J connectivity index is 4.63. The Bertz CT molecular complexity index is 470. The van der Waals surface area contributed by atoms with Gasteiger partial charge in [-0.25, -0.2) is 0 Å². The molecule has 0 amide bonds. The summed E-state index contributed by atoms with van der Waals surface area (Å²) in [4.78, 5) is 35.4. The van der Waals surface area contributed by atoms with Crippen LogP contribution in [0.2, 0.25) is 0 Å². The largest absolute Gasteiger partial charge is 0.756 e. The van der Waals surface area contributed by atoms with E-state index in [0.717, 1.165) is 12.8 Å². The highest BCUT2D eigenvalue weighted by Gasteiger charge is 2.22. The third kappa shape index (κ3) is 15.7. The third-order valence-electron chi connectivity index (χ3n) is 3.37. The summed E-state index contributed by atoms with van der Waals surface area (Å²) in [6, 6.07) is 0. The van der Waals surface area contributed by atoms with E-state index < -0.39 is 32.7 Å². The molecule has 0 fully saturated rings. The Hall–Kier alpha value is -0.990. The number of carbonyl (C=O) groups excluding carboxylic acids is 2. The summed E-state index contributed by atoms with van der Waals surface area (Å²) in [5.74, 6) is -1.17. The van der Waals surface area contributed by atoms with E-state index in [4.69, 9.17) is 18.5 Å². The van der Waals surface area contributed by atoms with Crippen LogP contribution in [0, 0.1) is 0 Å². The molecule has 0 heterocycles. The lowest BCUT2D eigenvalue weighted by atomic mass is 10.2. The van der Waals surface area contributed by atoms with E-state index in [-0.39, 0.29) is 19.4 Å². The number of phosphoric acid groups is 1. The molecule has 10 heteroatoms. The van der Waals surface area contributed by atoms with Crippen molar-refractivity contribution in [2.24, 2.45) is 0 Å². The number of hydrogen-bond acceptors (Lipinski definition) is 8. The van der Waals surface area contributed by atoms with Crippen molar-refractivity contribution in [3.63, 3.8) is 0 Å². The summed E-state index contributed by atoms with van der Waals surface area (Å²) in [6.07, 6.45) is 1.69. The van der Waals surface area contributed by atoms with Gasteiger partial charge in [-0.2, -0.15) is 0 Å². The number of phosphoric ester groups is 1. The number of hydrogen-bond donors (Lipinski definition) is 0. The number of esters is 2. The van der Waals surface area contributed by atoms with Crippen LogP contribution in [0.3, 0.4) is 0 Å². The highest BCUT2D eigenvalue weighted by molar-refractivity contribution is 7.45. The zero-order valence-electron chi connectivity index (χ0n) is 17.1. The first-order valence-electron chi connectivity index (χ1n) is 9.28. The summed E-state index contributed by atoms with van der Waals surface area (Å²) in [5, 5.41) is 0. The van der Waals surface area contributed by atoms with Gasteiger partial charge in [0.1, 0.15) is 19.8 Å². The molecule has 0 saturated carbocycles. The van der Waals surface area contributed by atoms with E-state index in [1.807, 2.05) is 35.0 Å². The van der Waals surface area contributed by atoms with Crippen LogP contribution in [0.15, 0.2) is 0 Å². The zero-order valence-corrected chi connectivity index (χ0v) is 18.0. The number of rotatable bonds is 15. The predicted molar refractivity (Wildman–Crippen MR) is 97.4 cm³/mol. The molecule has 0 radical (unpaired) electrons. The third-order valence-corrected chi connectivity index (χ3v) is 4.34. The number of quaternary nitrogens is 1.